The number of aromatic hydroxyl groups is 1. The van der Waals surface area contributed by atoms with Crippen molar-refractivity contribution >= 4 is 21.6 Å². The number of phenolic OH excluding ortho intramolecular Hbond substituents is 1. The van der Waals surface area contributed by atoms with Crippen LogP contribution in [0.25, 0.3) is 0 Å². The Bertz CT molecular complexity index is 601. The molecule has 0 saturated carbocycles. The van der Waals surface area contributed by atoms with E-state index in [4.69, 9.17) is 0 Å². The summed E-state index contributed by atoms with van der Waals surface area (Å²) in [6, 6.07) is 10.1. The molecule has 0 amide bonds. The van der Waals surface area contributed by atoms with E-state index >= 15 is 0 Å². The van der Waals surface area contributed by atoms with Crippen molar-refractivity contribution in [3.63, 3.8) is 0 Å². The van der Waals surface area contributed by atoms with Crippen molar-refractivity contribution in [1.29, 1.82) is 0 Å². The van der Waals surface area contributed by atoms with Crippen LogP contribution in [0, 0.1) is 12.7 Å². The number of nitrogens with zero attached hydrogens (tertiary/aromatic N) is 1. The first-order valence-corrected chi connectivity index (χ1v) is 6.71. The van der Waals surface area contributed by atoms with E-state index in [0.717, 1.165) is 21.3 Å². The summed E-state index contributed by atoms with van der Waals surface area (Å²) < 4.78 is 14.1. The zero-order chi connectivity index (χ0) is 14.0. The molecule has 0 aromatic heterocycles. The van der Waals surface area contributed by atoms with E-state index in [1.54, 1.807) is 6.07 Å². The highest BCUT2D eigenvalue weighted by Gasteiger charge is 2.10. The van der Waals surface area contributed by atoms with Gasteiger partial charge in [-0.3, -0.25) is 0 Å². The lowest BCUT2D eigenvalue weighted by Gasteiger charge is -2.20. The molecule has 2 nitrogen and oxygen atoms in total. The Labute approximate surface area is 120 Å². The van der Waals surface area contributed by atoms with E-state index < -0.39 is 0 Å². The van der Waals surface area contributed by atoms with E-state index in [1.165, 1.54) is 12.1 Å². The van der Waals surface area contributed by atoms with Gasteiger partial charge in [-0.1, -0.05) is 22.0 Å². The highest BCUT2D eigenvalue weighted by molar-refractivity contribution is 9.10. The summed E-state index contributed by atoms with van der Waals surface area (Å²) in [6.45, 7) is 2.36. The Morgan fingerprint density at radius 1 is 1.26 bits per heavy atom. The predicted octanol–water partition coefficient (Wildman–Crippen LogP) is 4.24. The topological polar surface area (TPSA) is 23.5 Å². The maximum Gasteiger partial charge on any atom is 0.125 e. The minimum absolute atomic E-state index is 0.265. The lowest BCUT2D eigenvalue weighted by atomic mass is 10.1. The molecule has 0 unspecified atom stereocenters. The van der Waals surface area contributed by atoms with Gasteiger partial charge in [0.15, 0.2) is 0 Å². The number of aryl methyl sites for hydroxylation is 1. The second-order valence-corrected chi connectivity index (χ2v) is 5.48. The Morgan fingerprint density at radius 2 is 2.00 bits per heavy atom. The molecule has 0 aliphatic rings. The van der Waals surface area contributed by atoms with Crippen LogP contribution >= 0.6 is 15.9 Å². The van der Waals surface area contributed by atoms with E-state index in [1.807, 2.05) is 37.1 Å². The van der Waals surface area contributed by atoms with Crippen molar-refractivity contribution in [2.75, 3.05) is 11.9 Å². The Hall–Kier alpha value is -1.55. The van der Waals surface area contributed by atoms with Crippen molar-refractivity contribution in [2.24, 2.45) is 0 Å². The average Bonchev–Trinajstić information content (AvgIpc) is 2.35. The number of hydrogen-bond acceptors (Lipinski definition) is 2. The van der Waals surface area contributed by atoms with Crippen molar-refractivity contribution in [3.8, 4) is 5.75 Å². The van der Waals surface area contributed by atoms with Crippen LogP contribution in [0.2, 0.25) is 0 Å². The van der Waals surface area contributed by atoms with Gasteiger partial charge >= 0.3 is 0 Å². The van der Waals surface area contributed by atoms with Crippen LogP contribution in [-0.2, 0) is 6.54 Å². The van der Waals surface area contributed by atoms with Gasteiger partial charge in [-0.05, 0) is 42.8 Å². The first-order valence-electron chi connectivity index (χ1n) is 5.92. The van der Waals surface area contributed by atoms with Gasteiger partial charge in [0.2, 0.25) is 0 Å². The molecule has 19 heavy (non-hydrogen) atoms. The molecular weight excluding hydrogens is 309 g/mol. The number of rotatable bonds is 3. The smallest absolute Gasteiger partial charge is 0.125 e. The van der Waals surface area contributed by atoms with Crippen LogP contribution < -0.4 is 4.90 Å². The SMILES string of the molecule is Cc1cc(Br)cc(CN(C)c2cccc(F)c2)c1O. The van der Waals surface area contributed by atoms with Gasteiger partial charge in [-0.25, -0.2) is 4.39 Å². The molecule has 2 rings (SSSR count). The predicted molar refractivity (Wildman–Crippen MR) is 79.1 cm³/mol. The number of anilines is 1. The van der Waals surface area contributed by atoms with E-state index in [9.17, 15) is 9.50 Å². The van der Waals surface area contributed by atoms with Gasteiger partial charge in [-0.2, -0.15) is 0 Å². The van der Waals surface area contributed by atoms with E-state index in [-0.39, 0.29) is 11.6 Å². The molecule has 0 aliphatic carbocycles. The van der Waals surface area contributed by atoms with E-state index in [2.05, 4.69) is 15.9 Å². The van der Waals surface area contributed by atoms with Crippen LogP contribution in [-0.4, -0.2) is 12.2 Å². The fraction of sp³-hybridized carbons (Fsp3) is 0.200. The molecule has 0 bridgehead atoms. The molecule has 0 spiro atoms. The van der Waals surface area contributed by atoms with Crippen molar-refractivity contribution < 1.29 is 9.50 Å². The van der Waals surface area contributed by atoms with Crippen LogP contribution in [0.4, 0.5) is 10.1 Å². The summed E-state index contributed by atoms with van der Waals surface area (Å²) in [5.41, 5.74) is 2.40. The molecule has 2 aromatic rings. The quantitative estimate of drug-likeness (QED) is 0.913. The third kappa shape index (κ3) is 3.26. The van der Waals surface area contributed by atoms with Crippen molar-refractivity contribution in [1.82, 2.24) is 0 Å². The molecule has 0 fully saturated rings. The molecule has 0 heterocycles. The Morgan fingerprint density at radius 3 is 2.68 bits per heavy atom. The maximum atomic E-state index is 13.2. The molecule has 0 radical (unpaired) electrons. The maximum absolute atomic E-state index is 13.2. The van der Waals surface area contributed by atoms with Crippen LogP contribution in [0.15, 0.2) is 40.9 Å². The fourth-order valence-corrected chi connectivity index (χ4v) is 2.61. The van der Waals surface area contributed by atoms with E-state index in [0.29, 0.717) is 6.54 Å². The van der Waals surface area contributed by atoms with Gasteiger partial charge in [0.25, 0.3) is 0 Å². The standard InChI is InChI=1S/C15H15BrFNO/c1-10-6-12(16)7-11(15(10)19)9-18(2)14-5-3-4-13(17)8-14/h3-8,19H,9H2,1-2H3. The second kappa shape index (κ2) is 5.61. The Balaban J connectivity index is 2.26. The fourth-order valence-electron chi connectivity index (χ4n) is 1.99. The van der Waals surface area contributed by atoms with Gasteiger partial charge in [0.1, 0.15) is 11.6 Å². The number of phenols is 1. The van der Waals surface area contributed by atoms with Gasteiger partial charge in [-0.15, -0.1) is 0 Å². The average molecular weight is 324 g/mol. The van der Waals surface area contributed by atoms with Crippen LogP contribution in [0.1, 0.15) is 11.1 Å². The molecular formula is C15H15BrFNO. The van der Waals surface area contributed by atoms with Gasteiger partial charge in [0.05, 0.1) is 0 Å². The summed E-state index contributed by atoms with van der Waals surface area (Å²) in [4.78, 5) is 1.89. The third-order valence-corrected chi connectivity index (χ3v) is 3.46. The summed E-state index contributed by atoms with van der Waals surface area (Å²) in [5.74, 6) is 0.0189. The number of benzene rings is 2. The molecule has 0 aliphatic heterocycles. The number of halogens is 2. The zero-order valence-electron chi connectivity index (χ0n) is 10.8. The van der Waals surface area contributed by atoms with Crippen LogP contribution in [0.3, 0.4) is 0 Å². The zero-order valence-corrected chi connectivity index (χ0v) is 12.4. The summed E-state index contributed by atoms with van der Waals surface area (Å²) in [6.07, 6.45) is 0. The normalized spacial score (nSPS) is 10.5. The molecule has 2 aromatic carbocycles. The highest BCUT2D eigenvalue weighted by atomic mass is 79.9. The number of hydrogen-bond donors (Lipinski definition) is 1. The Kier molecular flexibility index (Phi) is 4.10. The second-order valence-electron chi connectivity index (χ2n) is 4.57. The molecule has 0 atom stereocenters. The van der Waals surface area contributed by atoms with Crippen molar-refractivity contribution in [3.05, 3.63) is 57.8 Å². The summed E-state index contributed by atoms with van der Waals surface area (Å²) in [5, 5.41) is 10.1. The highest BCUT2D eigenvalue weighted by Crippen LogP contribution is 2.28. The lowest BCUT2D eigenvalue weighted by Crippen LogP contribution is -2.16. The molecule has 100 valence electrons. The van der Waals surface area contributed by atoms with Gasteiger partial charge in [0, 0.05) is 29.3 Å². The molecule has 1 N–H and O–H groups in total. The minimum atomic E-state index is -0.265. The van der Waals surface area contributed by atoms with Gasteiger partial charge < -0.3 is 10.0 Å². The first kappa shape index (κ1) is 13.9. The third-order valence-electron chi connectivity index (χ3n) is 3.00. The summed E-state index contributed by atoms with van der Waals surface area (Å²) >= 11 is 3.42. The van der Waals surface area contributed by atoms with Crippen molar-refractivity contribution in [2.45, 2.75) is 13.5 Å². The monoisotopic (exact) mass is 323 g/mol. The molecule has 0 saturated heterocycles. The first-order chi connectivity index (χ1) is 8.97. The van der Waals surface area contributed by atoms with Crippen LogP contribution in [0.5, 0.6) is 5.75 Å². The lowest BCUT2D eigenvalue weighted by molar-refractivity contribution is 0.463. The molecule has 4 heteroatoms. The minimum Gasteiger partial charge on any atom is -0.507 e. The largest absolute Gasteiger partial charge is 0.507 e. The summed E-state index contributed by atoms with van der Waals surface area (Å²) in [7, 11) is 1.87.